The van der Waals surface area contributed by atoms with E-state index in [0.29, 0.717) is 6.42 Å². The third-order valence-corrected chi connectivity index (χ3v) is 2.01. The van der Waals surface area contributed by atoms with Crippen LogP contribution in [0.3, 0.4) is 0 Å². The fourth-order valence-corrected chi connectivity index (χ4v) is 1.50. The summed E-state index contributed by atoms with van der Waals surface area (Å²) in [6.07, 6.45) is 0.764. The van der Waals surface area contributed by atoms with E-state index in [0.717, 1.165) is 0 Å². The molecule has 0 spiro atoms. The van der Waals surface area contributed by atoms with Gasteiger partial charge in [0.15, 0.2) is 0 Å². The van der Waals surface area contributed by atoms with Crippen LogP contribution in [0, 0.1) is 17.3 Å². The quantitative estimate of drug-likeness (QED) is 0.677. The Labute approximate surface area is 81.8 Å². The molecule has 2 unspecified atom stereocenters. The summed E-state index contributed by atoms with van der Waals surface area (Å²) in [5, 5.41) is 0. The fourth-order valence-electron chi connectivity index (χ4n) is 1.50. The summed E-state index contributed by atoms with van der Waals surface area (Å²) in [6.45, 7) is 8.20. The molecule has 0 aromatic heterocycles. The van der Waals surface area contributed by atoms with Crippen molar-refractivity contribution in [3.8, 4) is 11.8 Å². The first-order chi connectivity index (χ1) is 5.93. The largest absolute Gasteiger partial charge is 0.379 e. The topological polar surface area (TPSA) is 35.2 Å². The molecule has 13 heavy (non-hydrogen) atoms. The van der Waals surface area contributed by atoms with Crippen molar-refractivity contribution < 1.29 is 4.74 Å². The van der Waals surface area contributed by atoms with Crippen LogP contribution in [0.1, 0.15) is 34.1 Å². The van der Waals surface area contributed by atoms with Crippen molar-refractivity contribution >= 4 is 0 Å². The number of methoxy groups -OCH3 is 1. The van der Waals surface area contributed by atoms with E-state index < -0.39 is 0 Å². The number of ether oxygens (including phenoxy) is 1. The normalized spacial score (nSPS) is 15.8. The van der Waals surface area contributed by atoms with Gasteiger partial charge in [0, 0.05) is 19.6 Å². The summed E-state index contributed by atoms with van der Waals surface area (Å²) in [4.78, 5) is 0. The van der Waals surface area contributed by atoms with E-state index in [4.69, 9.17) is 10.5 Å². The summed E-state index contributed by atoms with van der Waals surface area (Å²) in [5.74, 6) is 5.82. The Kier molecular flexibility index (Phi) is 5.05. The van der Waals surface area contributed by atoms with Gasteiger partial charge in [-0.15, -0.1) is 11.8 Å². The third-order valence-electron chi connectivity index (χ3n) is 2.01. The zero-order valence-corrected chi connectivity index (χ0v) is 9.35. The standard InChI is InChI=1S/C11H21NO/c1-6-7-8-9(12)10(13-5)11(2,3)4/h9-10H,8,12H2,1-5H3. The van der Waals surface area contributed by atoms with Crippen molar-refractivity contribution in [3.63, 3.8) is 0 Å². The minimum atomic E-state index is -0.00236. The van der Waals surface area contributed by atoms with Gasteiger partial charge in [-0.1, -0.05) is 20.8 Å². The van der Waals surface area contributed by atoms with Gasteiger partial charge in [0.05, 0.1) is 6.10 Å². The van der Waals surface area contributed by atoms with Crippen LogP contribution in [0.15, 0.2) is 0 Å². The highest BCUT2D eigenvalue weighted by atomic mass is 16.5. The Bertz CT molecular complexity index is 194. The highest BCUT2D eigenvalue weighted by Crippen LogP contribution is 2.24. The van der Waals surface area contributed by atoms with Gasteiger partial charge in [0.25, 0.3) is 0 Å². The average molecular weight is 183 g/mol. The first-order valence-electron chi connectivity index (χ1n) is 4.61. The van der Waals surface area contributed by atoms with Crippen molar-refractivity contribution in [1.29, 1.82) is 0 Å². The second kappa shape index (κ2) is 5.26. The maximum atomic E-state index is 5.97. The summed E-state index contributed by atoms with van der Waals surface area (Å²) < 4.78 is 5.38. The molecule has 2 nitrogen and oxygen atoms in total. The Morgan fingerprint density at radius 1 is 1.38 bits per heavy atom. The molecular weight excluding hydrogens is 162 g/mol. The molecule has 2 heteroatoms. The first kappa shape index (κ1) is 12.5. The van der Waals surface area contributed by atoms with Crippen LogP contribution in [-0.4, -0.2) is 19.3 Å². The lowest BCUT2D eigenvalue weighted by Gasteiger charge is -2.33. The molecule has 2 atom stereocenters. The van der Waals surface area contributed by atoms with E-state index in [1.54, 1.807) is 7.11 Å². The summed E-state index contributed by atoms with van der Waals surface area (Å²) in [6, 6.07) is -0.00236. The molecule has 0 amide bonds. The molecule has 0 aliphatic heterocycles. The summed E-state index contributed by atoms with van der Waals surface area (Å²) >= 11 is 0. The van der Waals surface area contributed by atoms with Crippen LogP contribution in [0.25, 0.3) is 0 Å². The molecule has 0 aliphatic rings. The van der Waals surface area contributed by atoms with Crippen LogP contribution in [-0.2, 0) is 4.74 Å². The minimum Gasteiger partial charge on any atom is -0.379 e. The third kappa shape index (κ3) is 4.31. The summed E-state index contributed by atoms with van der Waals surface area (Å²) in [7, 11) is 1.70. The number of hydrogen-bond acceptors (Lipinski definition) is 2. The van der Waals surface area contributed by atoms with Crippen molar-refractivity contribution in [2.75, 3.05) is 7.11 Å². The number of rotatable bonds is 3. The molecular formula is C11H21NO. The lowest BCUT2D eigenvalue weighted by molar-refractivity contribution is -0.000640. The zero-order chi connectivity index (χ0) is 10.5. The van der Waals surface area contributed by atoms with Crippen molar-refractivity contribution in [3.05, 3.63) is 0 Å². The molecule has 0 saturated heterocycles. The Hall–Kier alpha value is -0.520. The lowest BCUT2D eigenvalue weighted by atomic mass is 9.84. The minimum absolute atomic E-state index is 0.00236. The van der Waals surface area contributed by atoms with Crippen LogP contribution in [0.2, 0.25) is 0 Å². The zero-order valence-electron chi connectivity index (χ0n) is 9.35. The highest BCUT2D eigenvalue weighted by molar-refractivity contribution is 5.00. The van der Waals surface area contributed by atoms with Crippen molar-refractivity contribution in [2.45, 2.75) is 46.3 Å². The average Bonchev–Trinajstić information content (AvgIpc) is 1.99. The maximum Gasteiger partial charge on any atom is 0.0779 e. The molecule has 0 radical (unpaired) electrons. The van der Waals surface area contributed by atoms with E-state index >= 15 is 0 Å². The Morgan fingerprint density at radius 3 is 2.23 bits per heavy atom. The second-order valence-electron chi connectivity index (χ2n) is 4.32. The van der Waals surface area contributed by atoms with Crippen molar-refractivity contribution in [2.24, 2.45) is 11.1 Å². The molecule has 0 aromatic rings. The van der Waals surface area contributed by atoms with Crippen LogP contribution in [0.4, 0.5) is 0 Å². The van der Waals surface area contributed by atoms with E-state index in [-0.39, 0.29) is 17.6 Å². The van der Waals surface area contributed by atoms with Crippen LogP contribution < -0.4 is 5.73 Å². The van der Waals surface area contributed by atoms with Gasteiger partial charge in [0.2, 0.25) is 0 Å². The van der Waals surface area contributed by atoms with Crippen molar-refractivity contribution in [1.82, 2.24) is 0 Å². The van der Waals surface area contributed by atoms with Gasteiger partial charge in [-0.05, 0) is 12.3 Å². The SMILES string of the molecule is CC#CCC(N)C(OC)C(C)(C)C. The van der Waals surface area contributed by atoms with Crippen LogP contribution in [0.5, 0.6) is 0 Å². The van der Waals surface area contributed by atoms with E-state index in [1.165, 1.54) is 0 Å². The summed E-state index contributed by atoms with van der Waals surface area (Å²) in [5.41, 5.74) is 6.05. The Morgan fingerprint density at radius 2 is 1.92 bits per heavy atom. The number of hydrogen-bond donors (Lipinski definition) is 1. The van der Waals surface area contributed by atoms with Gasteiger partial charge in [-0.25, -0.2) is 0 Å². The van der Waals surface area contributed by atoms with E-state index in [2.05, 4.69) is 32.6 Å². The smallest absolute Gasteiger partial charge is 0.0779 e. The highest BCUT2D eigenvalue weighted by Gasteiger charge is 2.29. The first-order valence-corrected chi connectivity index (χ1v) is 4.61. The number of nitrogens with two attached hydrogens (primary N) is 1. The molecule has 0 bridgehead atoms. The Balaban J connectivity index is 4.29. The molecule has 0 aromatic carbocycles. The van der Waals surface area contributed by atoms with E-state index in [9.17, 15) is 0 Å². The molecule has 76 valence electrons. The molecule has 0 heterocycles. The lowest BCUT2D eigenvalue weighted by Crippen LogP contribution is -2.44. The van der Waals surface area contributed by atoms with Gasteiger partial charge in [-0.3, -0.25) is 0 Å². The molecule has 2 N–H and O–H groups in total. The predicted octanol–water partition coefficient (Wildman–Crippen LogP) is 1.79. The molecule has 0 rings (SSSR count). The second-order valence-corrected chi connectivity index (χ2v) is 4.32. The van der Waals surface area contributed by atoms with Crippen LogP contribution >= 0.6 is 0 Å². The predicted molar refractivity (Wildman–Crippen MR) is 56.3 cm³/mol. The molecule has 0 aliphatic carbocycles. The fraction of sp³-hybridized carbons (Fsp3) is 0.818. The maximum absolute atomic E-state index is 5.97. The monoisotopic (exact) mass is 183 g/mol. The van der Waals surface area contributed by atoms with Gasteiger partial charge < -0.3 is 10.5 Å². The van der Waals surface area contributed by atoms with E-state index in [1.807, 2.05) is 6.92 Å². The van der Waals surface area contributed by atoms with Gasteiger partial charge >= 0.3 is 0 Å². The van der Waals surface area contributed by atoms with Gasteiger partial charge in [-0.2, -0.15) is 0 Å². The molecule has 0 fully saturated rings. The molecule has 0 saturated carbocycles. The van der Waals surface area contributed by atoms with Gasteiger partial charge in [0.1, 0.15) is 0 Å².